The number of nitrogens with zero attached hydrogens (tertiary/aromatic N) is 1. The molecular formula is C29H32N4O6. The Balaban J connectivity index is 1.64. The van der Waals surface area contributed by atoms with E-state index in [1.54, 1.807) is 43.4 Å². The molecule has 204 valence electrons. The van der Waals surface area contributed by atoms with Gasteiger partial charge >= 0.3 is 0 Å². The lowest BCUT2D eigenvalue weighted by Crippen LogP contribution is -2.55. The smallest absolute Gasteiger partial charge is 0.262 e. The second kappa shape index (κ2) is 10.3. The molecule has 0 saturated carbocycles. The zero-order chi connectivity index (χ0) is 28.5. The molecule has 0 fully saturated rings. The number of fused-ring (bicyclic) bond motifs is 1. The van der Waals surface area contributed by atoms with Crippen LogP contribution in [0, 0.1) is 24.7 Å². The van der Waals surface area contributed by atoms with Crippen molar-refractivity contribution in [2.24, 2.45) is 22.3 Å². The van der Waals surface area contributed by atoms with Crippen LogP contribution < -0.4 is 31.2 Å². The van der Waals surface area contributed by atoms with Gasteiger partial charge in [-0.2, -0.15) is 0 Å². The van der Waals surface area contributed by atoms with E-state index in [1.807, 2.05) is 26.0 Å². The zero-order valence-electron chi connectivity index (χ0n) is 22.6. The molecule has 3 aromatic rings. The molecule has 10 heteroatoms. The average Bonchev–Trinajstić information content (AvgIpc) is 2.89. The van der Waals surface area contributed by atoms with Gasteiger partial charge in [0.05, 0.1) is 37.2 Å². The number of aromatic amines is 1. The maximum Gasteiger partial charge on any atom is 0.262 e. The van der Waals surface area contributed by atoms with Crippen LogP contribution in [-0.2, 0) is 9.59 Å². The lowest BCUT2D eigenvalue weighted by molar-refractivity contribution is -0.141. The van der Waals surface area contributed by atoms with Crippen molar-refractivity contribution in [2.45, 2.75) is 27.2 Å². The van der Waals surface area contributed by atoms with E-state index >= 15 is 0 Å². The summed E-state index contributed by atoms with van der Waals surface area (Å²) in [6.07, 6.45) is 6.73. The van der Waals surface area contributed by atoms with Crippen LogP contribution in [0.2, 0.25) is 0 Å². The Morgan fingerprint density at radius 2 is 1.64 bits per heavy atom. The van der Waals surface area contributed by atoms with Gasteiger partial charge in [0.2, 0.25) is 11.8 Å². The zero-order valence-corrected chi connectivity index (χ0v) is 22.6. The van der Waals surface area contributed by atoms with Crippen LogP contribution in [-0.4, -0.2) is 42.6 Å². The predicted octanol–water partition coefficient (Wildman–Crippen LogP) is 3.08. The summed E-state index contributed by atoms with van der Waals surface area (Å²) in [6, 6.07) is 7.01. The van der Waals surface area contributed by atoms with E-state index in [1.165, 1.54) is 14.2 Å². The number of H-pyrrole nitrogens is 1. The maximum atomic E-state index is 12.9. The molecule has 39 heavy (non-hydrogen) atoms. The van der Waals surface area contributed by atoms with Crippen molar-refractivity contribution >= 4 is 22.7 Å². The molecule has 2 aromatic carbocycles. The monoisotopic (exact) mass is 532 g/mol. The van der Waals surface area contributed by atoms with Crippen molar-refractivity contribution in [3.05, 3.63) is 70.1 Å². The standard InChI is InChI=1S/C29H32N4O6/c1-16-12-18(24-32-20-14-19(37-4)15-21(38-5)22(20)25(34)33-24)13-17(2)23(16)39-11-10-29(27(31)36)9-7-6-8-28(29,3)26(30)35/h6-9,12-15H,10-11H2,1-5H3,(H2,30,35)(H2,31,36)(H,32,33,34). The van der Waals surface area contributed by atoms with Crippen molar-refractivity contribution in [2.75, 3.05) is 20.8 Å². The highest BCUT2D eigenvalue weighted by atomic mass is 16.5. The average molecular weight is 533 g/mol. The first-order valence-corrected chi connectivity index (χ1v) is 12.3. The van der Waals surface area contributed by atoms with Gasteiger partial charge in [-0.15, -0.1) is 0 Å². The largest absolute Gasteiger partial charge is 0.497 e. The lowest BCUT2D eigenvalue weighted by Gasteiger charge is -2.42. The molecule has 1 aliphatic carbocycles. The molecule has 0 radical (unpaired) electrons. The molecule has 2 unspecified atom stereocenters. The van der Waals surface area contributed by atoms with Crippen molar-refractivity contribution in [3.63, 3.8) is 0 Å². The van der Waals surface area contributed by atoms with Gasteiger partial charge < -0.3 is 30.7 Å². The van der Waals surface area contributed by atoms with Gasteiger partial charge in [0.25, 0.3) is 5.56 Å². The molecule has 0 aliphatic heterocycles. The number of ether oxygens (including phenoxy) is 3. The number of amides is 2. The number of aryl methyl sites for hydroxylation is 2. The Kier molecular flexibility index (Phi) is 7.23. The molecule has 0 bridgehead atoms. The van der Waals surface area contributed by atoms with E-state index in [0.29, 0.717) is 39.5 Å². The van der Waals surface area contributed by atoms with E-state index in [0.717, 1.165) is 11.1 Å². The Morgan fingerprint density at radius 1 is 0.974 bits per heavy atom. The van der Waals surface area contributed by atoms with Gasteiger partial charge in [0.1, 0.15) is 28.5 Å². The number of hydrogen-bond acceptors (Lipinski definition) is 7. The molecule has 10 nitrogen and oxygen atoms in total. The van der Waals surface area contributed by atoms with Gasteiger partial charge in [-0.1, -0.05) is 24.3 Å². The Labute approximate surface area is 225 Å². The Hall–Kier alpha value is -4.60. The number of primary amides is 2. The third-order valence-electron chi connectivity index (χ3n) is 7.48. The van der Waals surface area contributed by atoms with Gasteiger partial charge in [-0.3, -0.25) is 14.4 Å². The van der Waals surface area contributed by atoms with Gasteiger partial charge in [0, 0.05) is 24.1 Å². The first kappa shape index (κ1) is 27.4. The molecule has 4 rings (SSSR count). The third kappa shape index (κ3) is 4.62. The number of carbonyl (C=O) groups excluding carboxylic acids is 2. The predicted molar refractivity (Wildman–Crippen MR) is 148 cm³/mol. The van der Waals surface area contributed by atoms with E-state index in [9.17, 15) is 14.4 Å². The quantitative estimate of drug-likeness (QED) is 0.382. The van der Waals surface area contributed by atoms with Crippen LogP contribution >= 0.6 is 0 Å². The number of allylic oxidation sites excluding steroid dienone is 2. The van der Waals surface area contributed by atoms with Gasteiger partial charge in [-0.05, 0) is 44.0 Å². The van der Waals surface area contributed by atoms with Crippen LogP contribution in [0.15, 0.2) is 53.4 Å². The van der Waals surface area contributed by atoms with Crippen LogP contribution in [0.5, 0.6) is 17.2 Å². The number of methoxy groups -OCH3 is 2. The Morgan fingerprint density at radius 3 is 2.23 bits per heavy atom. The summed E-state index contributed by atoms with van der Waals surface area (Å²) in [6.45, 7) is 5.46. The molecule has 0 saturated heterocycles. The molecular weight excluding hydrogens is 500 g/mol. The van der Waals surface area contributed by atoms with E-state index in [4.69, 9.17) is 25.7 Å². The summed E-state index contributed by atoms with van der Waals surface area (Å²) < 4.78 is 16.8. The fourth-order valence-corrected chi connectivity index (χ4v) is 5.15. The van der Waals surface area contributed by atoms with E-state index in [-0.39, 0.29) is 18.6 Å². The molecule has 5 N–H and O–H groups in total. The number of rotatable bonds is 9. The molecule has 1 heterocycles. The fourth-order valence-electron chi connectivity index (χ4n) is 5.15. The topological polar surface area (TPSA) is 160 Å². The summed E-state index contributed by atoms with van der Waals surface area (Å²) in [4.78, 5) is 45.4. The minimum Gasteiger partial charge on any atom is -0.497 e. The lowest BCUT2D eigenvalue weighted by atomic mass is 9.59. The number of benzene rings is 2. The normalized spacial score (nSPS) is 20.1. The maximum absolute atomic E-state index is 12.9. The first-order chi connectivity index (χ1) is 18.5. The molecule has 1 aliphatic rings. The Bertz CT molecular complexity index is 1570. The number of aromatic nitrogens is 2. The second-order valence-corrected chi connectivity index (χ2v) is 9.80. The van der Waals surface area contributed by atoms with Crippen LogP contribution in [0.25, 0.3) is 22.3 Å². The van der Waals surface area contributed by atoms with Crippen molar-refractivity contribution in [3.8, 4) is 28.6 Å². The van der Waals surface area contributed by atoms with Crippen molar-refractivity contribution in [1.82, 2.24) is 9.97 Å². The molecule has 2 amide bonds. The van der Waals surface area contributed by atoms with Crippen LogP contribution in [0.4, 0.5) is 0 Å². The third-order valence-corrected chi connectivity index (χ3v) is 7.48. The fraction of sp³-hybridized carbons (Fsp3) is 0.310. The summed E-state index contributed by atoms with van der Waals surface area (Å²) in [7, 11) is 3.01. The number of nitrogens with one attached hydrogen (secondary N) is 1. The molecule has 1 aromatic heterocycles. The highest BCUT2D eigenvalue weighted by Gasteiger charge is 2.54. The minimum atomic E-state index is -1.33. The van der Waals surface area contributed by atoms with E-state index in [2.05, 4.69) is 9.97 Å². The van der Waals surface area contributed by atoms with Crippen molar-refractivity contribution in [1.29, 1.82) is 0 Å². The summed E-state index contributed by atoms with van der Waals surface area (Å²) >= 11 is 0. The summed E-state index contributed by atoms with van der Waals surface area (Å²) in [5.74, 6) is 0.571. The number of hydrogen-bond donors (Lipinski definition) is 3. The highest BCUT2D eigenvalue weighted by Crippen LogP contribution is 2.47. The number of carbonyl (C=O) groups is 2. The second-order valence-electron chi connectivity index (χ2n) is 9.80. The van der Waals surface area contributed by atoms with Crippen molar-refractivity contribution < 1.29 is 23.8 Å². The van der Waals surface area contributed by atoms with Crippen LogP contribution in [0.3, 0.4) is 0 Å². The number of nitrogens with two attached hydrogens (primary N) is 2. The summed E-state index contributed by atoms with van der Waals surface area (Å²) in [5, 5.41) is 0.327. The highest BCUT2D eigenvalue weighted by molar-refractivity contribution is 5.95. The molecule has 0 spiro atoms. The molecule has 2 atom stereocenters. The van der Waals surface area contributed by atoms with E-state index < -0.39 is 22.6 Å². The van der Waals surface area contributed by atoms with Crippen LogP contribution in [0.1, 0.15) is 24.5 Å². The minimum absolute atomic E-state index is 0.107. The van der Waals surface area contributed by atoms with Gasteiger partial charge in [0.15, 0.2) is 0 Å². The first-order valence-electron chi connectivity index (χ1n) is 12.3. The van der Waals surface area contributed by atoms with Gasteiger partial charge in [-0.25, -0.2) is 4.98 Å². The summed E-state index contributed by atoms with van der Waals surface area (Å²) in [5.41, 5.74) is 11.2. The SMILES string of the molecule is COc1cc(OC)c2c(=O)[nH]c(-c3cc(C)c(OCCC4(C(N)=O)C=CC=CC4(C)C(N)=O)c(C)c3)nc2c1.